The van der Waals surface area contributed by atoms with Crippen molar-refractivity contribution in [2.75, 3.05) is 11.9 Å². The maximum atomic E-state index is 6.13. The Morgan fingerprint density at radius 1 is 1.25 bits per heavy atom. The summed E-state index contributed by atoms with van der Waals surface area (Å²) in [5.74, 6) is 0.730. The van der Waals surface area contributed by atoms with E-state index in [4.69, 9.17) is 16.0 Å². The molecule has 0 spiro atoms. The van der Waals surface area contributed by atoms with Crippen molar-refractivity contribution in [3.05, 3.63) is 47.6 Å². The Bertz CT molecular complexity index is 736. The molecule has 0 unspecified atom stereocenters. The number of rotatable bonds is 4. The normalized spacial score (nSPS) is 10.9. The van der Waals surface area contributed by atoms with Crippen molar-refractivity contribution in [1.29, 1.82) is 0 Å². The lowest BCUT2D eigenvalue weighted by molar-refractivity contribution is 0.629. The van der Waals surface area contributed by atoms with Crippen molar-refractivity contribution >= 4 is 28.3 Å². The summed E-state index contributed by atoms with van der Waals surface area (Å²) in [7, 11) is 0. The van der Waals surface area contributed by atoms with Crippen LogP contribution in [0.25, 0.3) is 22.4 Å². The topological polar surface area (TPSA) is 38.1 Å². The van der Waals surface area contributed by atoms with Crippen LogP contribution < -0.4 is 5.32 Å². The molecule has 0 fully saturated rings. The first-order chi connectivity index (χ1) is 9.78. The molecule has 4 heteroatoms. The number of halogens is 1. The monoisotopic (exact) mass is 286 g/mol. The lowest BCUT2D eigenvalue weighted by atomic mass is 10.2. The maximum Gasteiger partial charge on any atom is 0.153 e. The van der Waals surface area contributed by atoms with Gasteiger partial charge < -0.3 is 9.73 Å². The highest BCUT2D eigenvalue weighted by atomic mass is 35.5. The highest BCUT2D eigenvalue weighted by molar-refractivity contribution is 6.34. The fraction of sp³-hybridized carbons (Fsp3) is 0.188. The fourth-order valence-electron chi connectivity index (χ4n) is 2.10. The molecule has 3 aromatic rings. The molecule has 0 bridgehead atoms. The molecule has 0 aliphatic carbocycles. The van der Waals surface area contributed by atoms with Crippen molar-refractivity contribution in [2.45, 2.75) is 13.3 Å². The zero-order chi connectivity index (χ0) is 13.9. The Kier molecular flexibility index (Phi) is 3.61. The zero-order valence-electron chi connectivity index (χ0n) is 11.2. The number of fused-ring (bicyclic) bond motifs is 1. The van der Waals surface area contributed by atoms with Crippen LogP contribution in [0.2, 0.25) is 5.02 Å². The van der Waals surface area contributed by atoms with Crippen molar-refractivity contribution < 1.29 is 4.42 Å². The Morgan fingerprint density at radius 3 is 2.95 bits per heavy atom. The standard InChI is InChI=1S/C16H15ClN2O/c1-2-7-18-12-6-8-19-14(10-12)15-9-11-4-3-5-13(17)16(11)20-15/h3-6,8-10H,2,7H2,1H3,(H,18,19). The second-order valence-electron chi connectivity index (χ2n) is 4.63. The van der Waals surface area contributed by atoms with Crippen LogP contribution in [0.4, 0.5) is 5.69 Å². The van der Waals surface area contributed by atoms with Crippen LogP contribution in [-0.2, 0) is 0 Å². The summed E-state index contributed by atoms with van der Waals surface area (Å²) in [5.41, 5.74) is 2.56. The molecule has 3 nitrogen and oxygen atoms in total. The molecular weight excluding hydrogens is 272 g/mol. The summed E-state index contributed by atoms with van der Waals surface area (Å²) < 4.78 is 5.82. The Labute approximate surface area is 122 Å². The van der Waals surface area contributed by atoms with Gasteiger partial charge >= 0.3 is 0 Å². The first-order valence-electron chi connectivity index (χ1n) is 6.66. The molecule has 0 amide bonds. The van der Waals surface area contributed by atoms with Crippen LogP contribution in [0.1, 0.15) is 13.3 Å². The minimum Gasteiger partial charge on any atom is -0.453 e. The molecule has 0 radical (unpaired) electrons. The first kappa shape index (κ1) is 13.0. The van der Waals surface area contributed by atoms with E-state index in [0.717, 1.165) is 35.5 Å². The van der Waals surface area contributed by atoms with Crippen molar-refractivity contribution in [3.8, 4) is 11.5 Å². The summed E-state index contributed by atoms with van der Waals surface area (Å²) in [6.07, 6.45) is 2.86. The molecule has 0 saturated carbocycles. The molecule has 20 heavy (non-hydrogen) atoms. The van der Waals surface area contributed by atoms with Crippen LogP contribution in [0.5, 0.6) is 0 Å². The number of hydrogen-bond acceptors (Lipinski definition) is 3. The lowest BCUT2D eigenvalue weighted by Crippen LogP contribution is -1.99. The van der Waals surface area contributed by atoms with E-state index >= 15 is 0 Å². The highest BCUT2D eigenvalue weighted by Gasteiger charge is 2.10. The van der Waals surface area contributed by atoms with E-state index in [1.165, 1.54) is 0 Å². The number of anilines is 1. The van der Waals surface area contributed by atoms with E-state index in [9.17, 15) is 0 Å². The number of furan rings is 1. The van der Waals surface area contributed by atoms with Gasteiger partial charge in [-0.1, -0.05) is 30.7 Å². The van der Waals surface area contributed by atoms with Gasteiger partial charge in [0.2, 0.25) is 0 Å². The number of para-hydroxylation sites is 1. The lowest BCUT2D eigenvalue weighted by Gasteiger charge is -2.05. The fourth-order valence-corrected chi connectivity index (χ4v) is 2.32. The van der Waals surface area contributed by atoms with Gasteiger partial charge in [-0.15, -0.1) is 0 Å². The second kappa shape index (κ2) is 5.55. The molecule has 3 rings (SSSR count). The average molecular weight is 287 g/mol. The van der Waals surface area contributed by atoms with Gasteiger partial charge in [0, 0.05) is 23.8 Å². The molecule has 1 aromatic carbocycles. The van der Waals surface area contributed by atoms with Gasteiger partial charge in [0.1, 0.15) is 5.69 Å². The van der Waals surface area contributed by atoms with E-state index in [1.54, 1.807) is 6.20 Å². The zero-order valence-corrected chi connectivity index (χ0v) is 11.9. The van der Waals surface area contributed by atoms with Crippen LogP contribution in [0.3, 0.4) is 0 Å². The number of pyridine rings is 1. The largest absolute Gasteiger partial charge is 0.453 e. The third-order valence-electron chi connectivity index (χ3n) is 3.09. The predicted molar refractivity (Wildman–Crippen MR) is 83.2 cm³/mol. The summed E-state index contributed by atoms with van der Waals surface area (Å²) in [6.45, 7) is 3.08. The summed E-state index contributed by atoms with van der Waals surface area (Å²) in [6, 6.07) is 11.6. The van der Waals surface area contributed by atoms with Crippen LogP contribution in [0.15, 0.2) is 47.0 Å². The van der Waals surface area contributed by atoms with E-state index in [2.05, 4.69) is 17.2 Å². The van der Waals surface area contributed by atoms with Gasteiger partial charge in [0.05, 0.1) is 5.02 Å². The van der Waals surface area contributed by atoms with Gasteiger partial charge in [-0.25, -0.2) is 0 Å². The molecule has 2 aromatic heterocycles. The summed E-state index contributed by atoms with van der Waals surface area (Å²) in [4.78, 5) is 4.37. The van der Waals surface area contributed by atoms with Crippen molar-refractivity contribution in [2.24, 2.45) is 0 Å². The SMILES string of the molecule is CCCNc1ccnc(-c2cc3cccc(Cl)c3o2)c1. The molecule has 0 aliphatic heterocycles. The van der Waals surface area contributed by atoms with E-state index in [-0.39, 0.29) is 0 Å². The average Bonchev–Trinajstić information content (AvgIpc) is 2.91. The number of hydrogen-bond donors (Lipinski definition) is 1. The maximum absolute atomic E-state index is 6.13. The van der Waals surface area contributed by atoms with E-state index in [0.29, 0.717) is 10.6 Å². The highest BCUT2D eigenvalue weighted by Crippen LogP contribution is 2.31. The van der Waals surface area contributed by atoms with Gasteiger partial charge in [0.25, 0.3) is 0 Å². The Hall–Kier alpha value is -2.00. The molecule has 2 heterocycles. The molecule has 0 aliphatic rings. The molecule has 0 saturated heterocycles. The molecule has 0 atom stereocenters. The van der Waals surface area contributed by atoms with E-state index in [1.807, 2.05) is 36.4 Å². The quantitative estimate of drug-likeness (QED) is 0.736. The van der Waals surface area contributed by atoms with Crippen molar-refractivity contribution in [1.82, 2.24) is 4.98 Å². The number of aromatic nitrogens is 1. The third kappa shape index (κ3) is 2.49. The van der Waals surface area contributed by atoms with Crippen LogP contribution >= 0.6 is 11.6 Å². The minimum atomic E-state index is 0.619. The first-order valence-corrected chi connectivity index (χ1v) is 7.04. The number of nitrogens with zero attached hydrogens (tertiary/aromatic N) is 1. The molecule has 1 N–H and O–H groups in total. The molecule has 102 valence electrons. The minimum absolute atomic E-state index is 0.619. The van der Waals surface area contributed by atoms with Gasteiger partial charge in [0.15, 0.2) is 11.3 Å². The number of benzene rings is 1. The van der Waals surface area contributed by atoms with Gasteiger partial charge in [-0.05, 0) is 30.7 Å². The Morgan fingerprint density at radius 2 is 2.15 bits per heavy atom. The summed E-state index contributed by atoms with van der Waals surface area (Å²) >= 11 is 6.13. The summed E-state index contributed by atoms with van der Waals surface area (Å²) in [5, 5.41) is 4.95. The van der Waals surface area contributed by atoms with Crippen molar-refractivity contribution in [3.63, 3.8) is 0 Å². The Balaban J connectivity index is 2.00. The molecular formula is C16H15ClN2O. The van der Waals surface area contributed by atoms with Crippen LogP contribution in [-0.4, -0.2) is 11.5 Å². The smallest absolute Gasteiger partial charge is 0.153 e. The van der Waals surface area contributed by atoms with Gasteiger partial charge in [-0.2, -0.15) is 0 Å². The second-order valence-corrected chi connectivity index (χ2v) is 5.03. The van der Waals surface area contributed by atoms with Gasteiger partial charge in [-0.3, -0.25) is 4.98 Å². The predicted octanol–water partition coefficient (Wildman–Crippen LogP) is 4.97. The van der Waals surface area contributed by atoms with Crippen LogP contribution in [0, 0.1) is 0 Å². The third-order valence-corrected chi connectivity index (χ3v) is 3.39. The van der Waals surface area contributed by atoms with E-state index < -0.39 is 0 Å². The number of nitrogens with one attached hydrogen (secondary N) is 1.